The van der Waals surface area contributed by atoms with E-state index in [0.29, 0.717) is 54.3 Å². The van der Waals surface area contributed by atoms with E-state index in [9.17, 15) is 13.6 Å². The summed E-state index contributed by atoms with van der Waals surface area (Å²) in [6, 6.07) is 8.11. The van der Waals surface area contributed by atoms with Gasteiger partial charge in [-0.2, -0.15) is 0 Å². The molecule has 0 fully saturated rings. The smallest absolute Gasteiger partial charge is 0.251 e. The number of anilines is 2. The highest BCUT2D eigenvalue weighted by Crippen LogP contribution is 2.30. The monoisotopic (exact) mass is 484 g/mol. The summed E-state index contributed by atoms with van der Waals surface area (Å²) in [7, 11) is 0. The van der Waals surface area contributed by atoms with Crippen molar-refractivity contribution in [3.05, 3.63) is 76.7 Å². The molecular formula is C24H23ClF2N6O. The number of carbonyl (C=O) groups excluding carboxylic acids is 1. The number of amides is 1. The summed E-state index contributed by atoms with van der Waals surface area (Å²) in [5.41, 5.74) is 8.47. The zero-order chi connectivity index (χ0) is 24.2. The first kappa shape index (κ1) is 23.6. The lowest BCUT2D eigenvalue weighted by Crippen LogP contribution is -2.26. The second-order valence-corrected chi connectivity index (χ2v) is 7.99. The largest absolute Gasteiger partial charge is 0.352 e. The van der Waals surface area contributed by atoms with Crippen molar-refractivity contribution in [2.45, 2.75) is 19.8 Å². The fraction of sp³-hybridized carbons (Fsp3) is 0.208. The SMILES string of the molecule is CCc1cc(Nc2nccn3c(-c4ccc(Cl)c(F)c4F)cnc23)ccc1C(=O)NCCCN. The molecule has 0 spiro atoms. The van der Waals surface area contributed by atoms with Crippen LogP contribution in [0.3, 0.4) is 0 Å². The van der Waals surface area contributed by atoms with Crippen LogP contribution in [-0.2, 0) is 6.42 Å². The fourth-order valence-electron chi connectivity index (χ4n) is 3.65. The summed E-state index contributed by atoms with van der Waals surface area (Å²) >= 11 is 5.68. The Morgan fingerprint density at radius 2 is 2.00 bits per heavy atom. The molecule has 1 amide bonds. The van der Waals surface area contributed by atoms with Gasteiger partial charge in [-0.3, -0.25) is 9.20 Å². The van der Waals surface area contributed by atoms with E-state index in [4.69, 9.17) is 17.3 Å². The Balaban J connectivity index is 1.65. The summed E-state index contributed by atoms with van der Waals surface area (Å²) in [5.74, 6) is -1.88. The highest BCUT2D eigenvalue weighted by atomic mass is 35.5. The minimum atomic E-state index is -1.11. The van der Waals surface area contributed by atoms with Crippen molar-refractivity contribution in [2.75, 3.05) is 18.4 Å². The average Bonchev–Trinajstić information content (AvgIpc) is 3.27. The van der Waals surface area contributed by atoms with E-state index in [1.807, 2.05) is 13.0 Å². The van der Waals surface area contributed by atoms with Crippen LogP contribution >= 0.6 is 11.6 Å². The molecule has 0 unspecified atom stereocenters. The van der Waals surface area contributed by atoms with E-state index >= 15 is 0 Å². The second-order valence-electron chi connectivity index (χ2n) is 7.58. The van der Waals surface area contributed by atoms with Crippen molar-refractivity contribution in [3.63, 3.8) is 0 Å². The van der Waals surface area contributed by atoms with Crippen LogP contribution in [0.5, 0.6) is 0 Å². The molecule has 0 saturated heterocycles. The number of halogens is 3. The van der Waals surface area contributed by atoms with Crippen molar-refractivity contribution in [2.24, 2.45) is 5.73 Å². The maximum atomic E-state index is 14.5. The molecule has 4 N–H and O–H groups in total. The minimum absolute atomic E-state index is 0.0322. The molecule has 4 rings (SSSR count). The number of aromatic nitrogens is 3. The van der Waals surface area contributed by atoms with E-state index in [0.717, 1.165) is 5.56 Å². The molecule has 0 atom stereocenters. The van der Waals surface area contributed by atoms with Crippen LogP contribution in [0.15, 0.2) is 48.9 Å². The fourth-order valence-corrected chi connectivity index (χ4v) is 3.80. The molecule has 0 aliphatic carbocycles. The number of benzene rings is 2. The van der Waals surface area contributed by atoms with E-state index < -0.39 is 11.6 Å². The molecule has 4 aromatic rings. The third-order valence-corrected chi connectivity index (χ3v) is 5.69. The molecule has 176 valence electrons. The molecule has 7 nitrogen and oxygen atoms in total. The lowest BCUT2D eigenvalue weighted by atomic mass is 10.0. The van der Waals surface area contributed by atoms with Gasteiger partial charge in [-0.1, -0.05) is 18.5 Å². The van der Waals surface area contributed by atoms with Crippen molar-refractivity contribution in [1.29, 1.82) is 0 Å². The number of carbonyl (C=O) groups is 1. The number of nitrogens with one attached hydrogen (secondary N) is 2. The normalized spacial score (nSPS) is 11.1. The van der Waals surface area contributed by atoms with Gasteiger partial charge in [0.15, 0.2) is 23.1 Å². The van der Waals surface area contributed by atoms with Gasteiger partial charge < -0.3 is 16.4 Å². The third-order valence-electron chi connectivity index (χ3n) is 5.40. The predicted molar refractivity (Wildman–Crippen MR) is 128 cm³/mol. The minimum Gasteiger partial charge on any atom is -0.352 e. The molecule has 2 aromatic carbocycles. The van der Waals surface area contributed by atoms with Gasteiger partial charge in [0.25, 0.3) is 5.91 Å². The predicted octanol–water partition coefficient (Wildman–Crippen LogP) is 4.71. The molecule has 0 aliphatic rings. The lowest BCUT2D eigenvalue weighted by molar-refractivity contribution is 0.0952. The Morgan fingerprint density at radius 3 is 2.76 bits per heavy atom. The number of hydrogen-bond acceptors (Lipinski definition) is 5. The number of rotatable bonds is 8. The molecule has 10 heteroatoms. The maximum Gasteiger partial charge on any atom is 0.251 e. The number of hydrogen-bond donors (Lipinski definition) is 3. The Hall–Kier alpha value is -3.56. The van der Waals surface area contributed by atoms with Crippen LogP contribution in [0.25, 0.3) is 16.9 Å². The molecule has 0 radical (unpaired) electrons. The Bertz CT molecular complexity index is 1360. The summed E-state index contributed by atoms with van der Waals surface area (Å²) in [6.45, 7) is 3.00. The van der Waals surface area contributed by atoms with Crippen LogP contribution in [-0.4, -0.2) is 33.4 Å². The van der Waals surface area contributed by atoms with Crippen LogP contribution in [0.1, 0.15) is 29.3 Å². The molecule has 0 bridgehead atoms. The van der Waals surface area contributed by atoms with E-state index in [2.05, 4.69) is 20.6 Å². The quantitative estimate of drug-likeness (QED) is 0.248. The van der Waals surface area contributed by atoms with E-state index in [1.54, 1.807) is 22.7 Å². The number of fused-ring (bicyclic) bond motifs is 1. The Morgan fingerprint density at radius 1 is 1.18 bits per heavy atom. The zero-order valence-corrected chi connectivity index (χ0v) is 19.2. The van der Waals surface area contributed by atoms with Crippen LogP contribution < -0.4 is 16.4 Å². The lowest BCUT2D eigenvalue weighted by Gasteiger charge is -2.13. The van der Waals surface area contributed by atoms with Crippen molar-refractivity contribution < 1.29 is 13.6 Å². The molecule has 0 saturated carbocycles. The molecular weight excluding hydrogens is 462 g/mol. The highest BCUT2D eigenvalue weighted by molar-refractivity contribution is 6.30. The average molecular weight is 485 g/mol. The summed E-state index contributed by atoms with van der Waals surface area (Å²) in [6.07, 6.45) is 5.95. The van der Waals surface area contributed by atoms with Crippen molar-refractivity contribution in [3.8, 4) is 11.3 Å². The van der Waals surface area contributed by atoms with Crippen LogP contribution in [0.2, 0.25) is 5.02 Å². The van der Waals surface area contributed by atoms with E-state index in [1.165, 1.54) is 24.5 Å². The number of nitrogens with two attached hydrogens (primary N) is 1. The standard InChI is InChI=1S/C24H23ClF2N6O/c1-2-14-12-15(4-5-16(14)24(34)30-9-3-8-28)32-22-23-31-13-19(33(23)11-10-29-22)17-6-7-18(25)21(27)20(17)26/h4-7,10-13H,2-3,8-9,28H2,1H3,(H,29,32)(H,30,34). The number of aryl methyl sites for hydroxylation is 1. The first-order valence-electron chi connectivity index (χ1n) is 10.8. The topological polar surface area (TPSA) is 97.3 Å². The summed E-state index contributed by atoms with van der Waals surface area (Å²) in [5, 5.41) is 5.79. The molecule has 34 heavy (non-hydrogen) atoms. The third kappa shape index (κ3) is 4.57. The molecule has 2 aromatic heterocycles. The Kier molecular flexibility index (Phi) is 7.04. The maximum absolute atomic E-state index is 14.5. The van der Waals surface area contributed by atoms with Gasteiger partial charge >= 0.3 is 0 Å². The second kappa shape index (κ2) is 10.1. The van der Waals surface area contributed by atoms with E-state index in [-0.39, 0.29) is 16.5 Å². The highest BCUT2D eigenvalue weighted by Gasteiger charge is 2.18. The zero-order valence-electron chi connectivity index (χ0n) is 18.4. The summed E-state index contributed by atoms with van der Waals surface area (Å²) in [4.78, 5) is 21.2. The van der Waals surface area contributed by atoms with Crippen molar-refractivity contribution in [1.82, 2.24) is 19.7 Å². The first-order chi connectivity index (χ1) is 16.4. The van der Waals surface area contributed by atoms with Gasteiger partial charge in [0.05, 0.1) is 16.9 Å². The number of imidazole rings is 1. The summed E-state index contributed by atoms with van der Waals surface area (Å²) < 4.78 is 30.1. The van der Waals surface area contributed by atoms with Crippen molar-refractivity contribution >= 4 is 34.7 Å². The first-order valence-corrected chi connectivity index (χ1v) is 11.2. The van der Waals surface area contributed by atoms with Crippen LogP contribution in [0, 0.1) is 11.6 Å². The van der Waals surface area contributed by atoms with Gasteiger partial charge in [0.2, 0.25) is 0 Å². The van der Waals surface area contributed by atoms with Gasteiger partial charge in [-0.25, -0.2) is 18.7 Å². The van der Waals surface area contributed by atoms with Gasteiger partial charge in [-0.15, -0.1) is 0 Å². The Labute approximate surface area is 200 Å². The molecule has 2 heterocycles. The molecule has 0 aliphatic heterocycles. The van der Waals surface area contributed by atoms with Gasteiger partial charge in [-0.05, 0) is 55.3 Å². The number of nitrogens with zero attached hydrogens (tertiary/aromatic N) is 3. The van der Waals surface area contributed by atoms with Gasteiger partial charge in [0.1, 0.15) is 0 Å². The van der Waals surface area contributed by atoms with Gasteiger partial charge in [0, 0.05) is 35.8 Å². The van der Waals surface area contributed by atoms with Crippen LogP contribution in [0.4, 0.5) is 20.3 Å².